The average molecular weight is 351 g/mol. The predicted molar refractivity (Wildman–Crippen MR) is 95.4 cm³/mol. The molecule has 0 aliphatic carbocycles. The van der Waals surface area contributed by atoms with Crippen molar-refractivity contribution in [2.75, 3.05) is 5.32 Å². The number of para-hydroxylation sites is 1. The Bertz CT molecular complexity index is 658. The molecule has 23 heavy (non-hydrogen) atoms. The number of nitrogens with one attached hydrogen (secondary N) is 1. The highest BCUT2D eigenvalue weighted by atomic mass is 32.2. The first-order valence-corrected chi connectivity index (χ1v) is 9.22. The number of hydrogen-bond donors (Lipinski definition) is 1. The molecule has 2 rings (SSSR count). The highest BCUT2D eigenvalue weighted by Crippen LogP contribution is 2.28. The molecule has 0 bridgehead atoms. The first kappa shape index (κ1) is 17.7. The molecule has 0 radical (unpaired) electrons. The van der Waals surface area contributed by atoms with Gasteiger partial charge in [-0.3, -0.25) is 10.1 Å². The number of amides is 1. The largest absolute Gasteiger partial charge is 0.480 e. The van der Waals surface area contributed by atoms with Gasteiger partial charge in [-0.1, -0.05) is 62.1 Å². The van der Waals surface area contributed by atoms with Gasteiger partial charge in [0.1, 0.15) is 5.75 Å². The van der Waals surface area contributed by atoms with Gasteiger partial charge in [0.25, 0.3) is 5.91 Å². The van der Waals surface area contributed by atoms with Crippen molar-refractivity contribution in [1.82, 2.24) is 10.2 Å². The van der Waals surface area contributed by atoms with Crippen molar-refractivity contribution >= 4 is 34.1 Å². The summed E-state index contributed by atoms with van der Waals surface area (Å²) in [7, 11) is 0. The Kier molecular flexibility index (Phi) is 6.41. The van der Waals surface area contributed by atoms with Gasteiger partial charge in [0, 0.05) is 5.25 Å². The monoisotopic (exact) mass is 351 g/mol. The average Bonchev–Trinajstić information content (AvgIpc) is 2.92. The number of hydrogen-bond acceptors (Lipinski definition) is 6. The Labute approximate surface area is 144 Å². The van der Waals surface area contributed by atoms with Crippen LogP contribution < -0.4 is 10.1 Å². The summed E-state index contributed by atoms with van der Waals surface area (Å²) >= 11 is 3.01. The van der Waals surface area contributed by atoms with Gasteiger partial charge in [-0.15, -0.1) is 10.2 Å². The molecule has 1 aromatic carbocycles. The van der Waals surface area contributed by atoms with Crippen LogP contribution in [0.5, 0.6) is 5.75 Å². The number of aryl methyl sites for hydroxylation is 1. The number of thioether (sulfide) groups is 1. The zero-order valence-corrected chi connectivity index (χ0v) is 15.3. The van der Waals surface area contributed by atoms with Gasteiger partial charge in [-0.25, -0.2) is 0 Å². The molecular weight excluding hydrogens is 330 g/mol. The van der Waals surface area contributed by atoms with Crippen molar-refractivity contribution in [1.29, 1.82) is 0 Å². The molecule has 1 aromatic heterocycles. The molecule has 1 N–H and O–H groups in total. The lowest BCUT2D eigenvalue weighted by atomic mass is 10.2. The zero-order chi connectivity index (χ0) is 16.8. The third kappa shape index (κ3) is 5.21. The summed E-state index contributed by atoms with van der Waals surface area (Å²) < 4.78 is 6.69. The molecule has 124 valence electrons. The van der Waals surface area contributed by atoms with Gasteiger partial charge < -0.3 is 4.74 Å². The summed E-state index contributed by atoms with van der Waals surface area (Å²) in [4.78, 5) is 12.4. The van der Waals surface area contributed by atoms with Crippen LogP contribution in [0.25, 0.3) is 0 Å². The Morgan fingerprint density at radius 2 is 2.09 bits per heavy atom. The lowest BCUT2D eigenvalue weighted by Gasteiger charge is -2.17. The first-order chi connectivity index (χ1) is 11.0. The summed E-state index contributed by atoms with van der Waals surface area (Å²) in [6.45, 7) is 8.06. The standard InChI is InChI=1S/C16H21N3O2S2/c1-5-12(21-13-9-7-6-8-11(13)4)14(20)17-15-18-19-16(23-15)22-10(2)3/h6-10,12H,5H2,1-4H3,(H,17,18,20)/t12-/m1/s1. The summed E-state index contributed by atoms with van der Waals surface area (Å²) in [5, 5.41) is 11.8. The van der Waals surface area contributed by atoms with Crippen molar-refractivity contribution in [2.45, 2.75) is 49.8 Å². The Morgan fingerprint density at radius 3 is 2.74 bits per heavy atom. The van der Waals surface area contributed by atoms with E-state index in [-0.39, 0.29) is 5.91 Å². The van der Waals surface area contributed by atoms with Crippen LogP contribution in [0.15, 0.2) is 28.6 Å². The SMILES string of the molecule is CC[C@@H](Oc1ccccc1C)C(=O)Nc1nnc(SC(C)C)s1. The van der Waals surface area contributed by atoms with E-state index in [0.717, 1.165) is 15.7 Å². The van der Waals surface area contributed by atoms with Gasteiger partial charge in [-0.05, 0) is 25.0 Å². The van der Waals surface area contributed by atoms with E-state index in [0.29, 0.717) is 16.8 Å². The fourth-order valence-corrected chi connectivity index (χ4v) is 3.84. The molecular formula is C16H21N3O2S2. The minimum atomic E-state index is -0.554. The predicted octanol–water partition coefficient (Wildman–Crippen LogP) is 4.14. The van der Waals surface area contributed by atoms with Crippen molar-refractivity contribution in [3.05, 3.63) is 29.8 Å². The van der Waals surface area contributed by atoms with Crippen LogP contribution in [0.4, 0.5) is 5.13 Å². The molecule has 0 saturated heterocycles. The topological polar surface area (TPSA) is 64.1 Å². The van der Waals surface area contributed by atoms with Gasteiger partial charge in [-0.2, -0.15) is 0 Å². The molecule has 2 aromatic rings. The molecule has 5 nitrogen and oxygen atoms in total. The molecule has 0 aliphatic heterocycles. The fraction of sp³-hybridized carbons (Fsp3) is 0.438. The third-order valence-corrected chi connectivity index (χ3v) is 4.93. The maximum Gasteiger partial charge on any atom is 0.267 e. The van der Waals surface area contributed by atoms with Gasteiger partial charge in [0.05, 0.1) is 0 Å². The van der Waals surface area contributed by atoms with Crippen LogP contribution in [-0.4, -0.2) is 27.5 Å². The second-order valence-electron chi connectivity index (χ2n) is 5.31. The van der Waals surface area contributed by atoms with E-state index in [4.69, 9.17) is 4.74 Å². The maximum absolute atomic E-state index is 12.4. The normalized spacial score (nSPS) is 12.2. The zero-order valence-electron chi connectivity index (χ0n) is 13.7. The highest BCUT2D eigenvalue weighted by molar-refractivity contribution is 8.01. The lowest BCUT2D eigenvalue weighted by molar-refractivity contribution is -0.122. The van der Waals surface area contributed by atoms with Crippen molar-refractivity contribution in [3.63, 3.8) is 0 Å². The summed E-state index contributed by atoms with van der Waals surface area (Å²) in [6, 6.07) is 7.67. The first-order valence-electron chi connectivity index (χ1n) is 7.53. The van der Waals surface area contributed by atoms with Gasteiger partial charge in [0.15, 0.2) is 10.4 Å². The quantitative estimate of drug-likeness (QED) is 0.600. The van der Waals surface area contributed by atoms with E-state index in [1.165, 1.54) is 11.3 Å². The second kappa shape index (κ2) is 8.31. The smallest absolute Gasteiger partial charge is 0.267 e. The van der Waals surface area contributed by atoms with E-state index < -0.39 is 6.10 Å². The summed E-state index contributed by atoms with van der Waals surface area (Å²) in [6.07, 6.45) is 0.0215. The van der Waals surface area contributed by atoms with Crippen LogP contribution >= 0.6 is 23.1 Å². The molecule has 0 aliphatic rings. The minimum Gasteiger partial charge on any atom is -0.480 e. The Balaban J connectivity index is 2.00. The van der Waals surface area contributed by atoms with Gasteiger partial charge in [0.2, 0.25) is 5.13 Å². The number of nitrogens with zero attached hydrogens (tertiary/aromatic N) is 2. The van der Waals surface area contributed by atoms with Crippen molar-refractivity contribution in [3.8, 4) is 5.75 Å². The number of carbonyl (C=O) groups is 1. The maximum atomic E-state index is 12.4. The molecule has 0 spiro atoms. The van der Waals surface area contributed by atoms with Crippen LogP contribution in [0.1, 0.15) is 32.8 Å². The van der Waals surface area contributed by atoms with Crippen LogP contribution in [0, 0.1) is 6.92 Å². The Hall–Kier alpha value is -1.60. The number of benzene rings is 1. The molecule has 1 heterocycles. The summed E-state index contributed by atoms with van der Waals surface area (Å²) in [5.74, 6) is 0.524. The van der Waals surface area contributed by atoms with E-state index in [2.05, 4.69) is 29.4 Å². The third-order valence-electron chi connectivity index (χ3n) is 3.00. The molecule has 0 fully saturated rings. The molecule has 1 amide bonds. The van der Waals surface area contributed by atoms with E-state index in [1.54, 1.807) is 11.8 Å². The van der Waals surface area contributed by atoms with Crippen LogP contribution in [-0.2, 0) is 4.79 Å². The van der Waals surface area contributed by atoms with Crippen molar-refractivity contribution < 1.29 is 9.53 Å². The fourth-order valence-electron chi connectivity index (χ4n) is 1.86. The minimum absolute atomic E-state index is 0.201. The van der Waals surface area contributed by atoms with E-state index in [9.17, 15) is 4.79 Å². The van der Waals surface area contributed by atoms with Crippen LogP contribution in [0.3, 0.4) is 0 Å². The molecule has 7 heteroatoms. The Morgan fingerprint density at radius 1 is 1.35 bits per heavy atom. The van der Waals surface area contributed by atoms with Gasteiger partial charge >= 0.3 is 0 Å². The number of anilines is 1. The molecule has 0 saturated carbocycles. The highest BCUT2D eigenvalue weighted by Gasteiger charge is 2.21. The molecule has 1 atom stereocenters. The lowest BCUT2D eigenvalue weighted by Crippen LogP contribution is -2.32. The van der Waals surface area contributed by atoms with Crippen LogP contribution in [0.2, 0.25) is 0 Å². The number of carbonyl (C=O) groups excluding carboxylic acids is 1. The van der Waals surface area contributed by atoms with E-state index in [1.807, 2.05) is 38.1 Å². The number of rotatable bonds is 7. The molecule has 0 unspecified atom stereocenters. The van der Waals surface area contributed by atoms with E-state index >= 15 is 0 Å². The second-order valence-corrected chi connectivity index (χ2v) is 8.11. The van der Waals surface area contributed by atoms with Crippen molar-refractivity contribution in [2.24, 2.45) is 0 Å². The number of ether oxygens (including phenoxy) is 1. The summed E-state index contributed by atoms with van der Waals surface area (Å²) in [5.41, 5.74) is 1.00. The number of aromatic nitrogens is 2.